The fourth-order valence-electron chi connectivity index (χ4n) is 1.42. The van der Waals surface area contributed by atoms with Crippen LogP contribution in [0.15, 0.2) is 5.16 Å². The SMILES string of the molecule is Cc1nn(C)c(C)c1CNCC(N)=NO. The largest absolute Gasteiger partial charge is 0.409 e. The average molecular weight is 211 g/mol. The summed E-state index contributed by atoms with van der Waals surface area (Å²) < 4.78 is 1.84. The van der Waals surface area contributed by atoms with Crippen molar-refractivity contribution < 1.29 is 5.21 Å². The Kier molecular flexibility index (Phi) is 3.68. The van der Waals surface area contributed by atoms with Crippen LogP contribution in [-0.2, 0) is 13.6 Å². The molecule has 0 fully saturated rings. The number of hydrogen-bond donors (Lipinski definition) is 3. The Morgan fingerprint density at radius 2 is 2.27 bits per heavy atom. The summed E-state index contributed by atoms with van der Waals surface area (Å²) in [6, 6.07) is 0. The molecule has 1 aromatic heterocycles. The Morgan fingerprint density at radius 3 is 2.73 bits per heavy atom. The number of rotatable bonds is 4. The molecule has 0 atom stereocenters. The molecule has 0 radical (unpaired) electrons. The van der Waals surface area contributed by atoms with E-state index in [1.54, 1.807) is 0 Å². The van der Waals surface area contributed by atoms with Crippen molar-refractivity contribution in [2.75, 3.05) is 6.54 Å². The highest BCUT2D eigenvalue weighted by molar-refractivity contribution is 5.81. The molecule has 4 N–H and O–H groups in total. The number of nitrogens with one attached hydrogen (secondary N) is 1. The fraction of sp³-hybridized carbons (Fsp3) is 0.556. The molecular formula is C9H17N5O. The molecule has 0 amide bonds. The lowest BCUT2D eigenvalue weighted by molar-refractivity contribution is 0.317. The zero-order valence-electron chi connectivity index (χ0n) is 9.28. The van der Waals surface area contributed by atoms with E-state index in [1.165, 1.54) is 0 Å². The zero-order valence-corrected chi connectivity index (χ0v) is 9.28. The van der Waals surface area contributed by atoms with E-state index >= 15 is 0 Å². The molecule has 6 nitrogen and oxygen atoms in total. The summed E-state index contributed by atoms with van der Waals surface area (Å²) in [5, 5.41) is 18.6. The Balaban J connectivity index is 2.58. The number of hydrogen-bond acceptors (Lipinski definition) is 4. The van der Waals surface area contributed by atoms with Crippen LogP contribution >= 0.6 is 0 Å². The first-order chi connectivity index (χ1) is 7.06. The maximum atomic E-state index is 8.35. The summed E-state index contributed by atoms with van der Waals surface area (Å²) in [4.78, 5) is 0. The smallest absolute Gasteiger partial charge is 0.153 e. The highest BCUT2D eigenvalue weighted by Gasteiger charge is 2.08. The first-order valence-corrected chi connectivity index (χ1v) is 4.72. The predicted molar refractivity (Wildman–Crippen MR) is 57.8 cm³/mol. The minimum Gasteiger partial charge on any atom is -0.409 e. The van der Waals surface area contributed by atoms with Crippen molar-refractivity contribution in [2.45, 2.75) is 20.4 Å². The molecule has 1 heterocycles. The van der Waals surface area contributed by atoms with Crippen LogP contribution in [0.1, 0.15) is 17.0 Å². The van der Waals surface area contributed by atoms with E-state index in [2.05, 4.69) is 15.6 Å². The molecule has 0 saturated carbocycles. The summed E-state index contributed by atoms with van der Waals surface area (Å²) in [5.41, 5.74) is 8.62. The number of oxime groups is 1. The van der Waals surface area contributed by atoms with Crippen LogP contribution in [-0.4, -0.2) is 27.4 Å². The molecule has 0 unspecified atom stereocenters. The van der Waals surface area contributed by atoms with Gasteiger partial charge in [-0.05, 0) is 13.8 Å². The van der Waals surface area contributed by atoms with Gasteiger partial charge < -0.3 is 16.3 Å². The number of nitrogens with zero attached hydrogens (tertiary/aromatic N) is 3. The zero-order chi connectivity index (χ0) is 11.4. The van der Waals surface area contributed by atoms with Crippen LogP contribution in [0.25, 0.3) is 0 Å². The van der Waals surface area contributed by atoms with Crippen molar-refractivity contribution >= 4 is 5.84 Å². The molecule has 0 aliphatic heterocycles. The van der Waals surface area contributed by atoms with E-state index in [1.807, 2.05) is 25.6 Å². The summed E-state index contributed by atoms with van der Waals surface area (Å²) in [6.07, 6.45) is 0. The van der Waals surface area contributed by atoms with Crippen LogP contribution in [0, 0.1) is 13.8 Å². The van der Waals surface area contributed by atoms with Crippen molar-refractivity contribution in [1.82, 2.24) is 15.1 Å². The second kappa shape index (κ2) is 4.79. The normalized spacial score (nSPS) is 12.1. The van der Waals surface area contributed by atoms with Crippen molar-refractivity contribution in [3.63, 3.8) is 0 Å². The topological polar surface area (TPSA) is 88.5 Å². The van der Waals surface area contributed by atoms with E-state index in [0.717, 1.165) is 17.0 Å². The third kappa shape index (κ3) is 2.69. The van der Waals surface area contributed by atoms with Gasteiger partial charge in [0, 0.05) is 24.8 Å². The quantitative estimate of drug-likeness (QED) is 0.280. The van der Waals surface area contributed by atoms with E-state index in [0.29, 0.717) is 13.1 Å². The second-order valence-corrected chi connectivity index (χ2v) is 3.47. The molecule has 0 aliphatic carbocycles. The molecule has 0 saturated heterocycles. The Bertz CT molecular complexity index is 369. The van der Waals surface area contributed by atoms with Crippen LogP contribution in [0.4, 0.5) is 0 Å². The number of aryl methyl sites for hydroxylation is 2. The van der Waals surface area contributed by atoms with Crippen LogP contribution in [0.3, 0.4) is 0 Å². The van der Waals surface area contributed by atoms with Gasteiger partial charge in [-0.1, -0.05) is 5.16 Å². The number of nitrogens with two attached hydrogens (primary N) is 1. The predicted octanol–water partition coefficient (Wildman–Crippen LogP) is -0.127. The Labute approximate surface area is 88.8 Å². The minimum atomic E-state index is 0.175. The van der Waals surface area contributed by atoms with Gasteiger partial charge in [-0.3, -0.25) is 4.68 Å². The van der Waals surface area contributed by atoms with Gasteiger partial charge in [0.25, 0.3) is 0 Å². The molecule has 84 valence electrons. The van der Waals surface area contributed by atoms with Crippen molar-refractivity contribution in [2.24, 2.45) is 17.9 Å². The first-order valence-electron chi connectivity index (χ1n) is 4.72. The average Bonchev–Trinajstić information content (AvgIpc) is 2.44. The monoisotopic (exact) mass is 211 g/mol. The van der Waals surface area contributed by atoms with Gasteiger partial charge in [0.1, 0.15) is 0 Å². The maximum absolute atomic E-state index is 8.35. The molecular weight excluding hydrogens is 194 g/mol. The summed E-state index contributed by atoms with van der Waals surface area (Å²) in [6.45, 7) is 5.01. The van der Waals surface area contributed by atoms with Crippen molar-refractivity contribution in [3.8, 4) is 0 Å². The molecule has 1 rings (SSSR count). The summed E-state index contributed by atoms with van der Waals surface area (Å²) in [5.74, 6) is 0.175. The van der Waals surface area contributed by atoms with Crippen molar-refractivity contribution in [3.05, 3.63) is 17.0 Å². The standard InChI is InChI=1S/C9H17N5O/c1-6-8(7(2)14(3)12-6)4-11-5-9(10)13-15/h11,15H,4-5H2,1-3H3,(H2,10,13). The third-order valence-corrected chi connectivity index (χ3v) is 2.40. The minimum absolute atomic E-state index is 0.175. The van der Waals surface area contributed by atoms with Crippen molar-refractivity contribution in [1.29, 1.82) is 0 Å². The lowest BCUT2D eigenvalue weighted by Crippen LogP contribution is -2.28. The summed E-state index contributed by atoms with van der Waals surface area (Å²) >= 11 is 0. The van der Waals surface area contributed by atoms with Gasteiger partial charge in [-0.15, -0.1) is 0 Å². The highest BCUT2D eigenvalue weighted by Crippen LogP contribution is 2.10. The van der Waals surface area contributed by atoms with Crippen LogP contribution in [0.5, 0.6) is 0 Å². The van der Waals surface area contributed by atoms with Gasteiger partial charge in [0.15, 0.2) is 5.84 Å². The van der Waals surface area contributed by atoms with Crippen LogP contribution in [0.2, 0.25) is 0 Å². The van der Waals surface area contributed by atoms with E-state index in [9.17, 15) is 0 Å². The Morgan fingerprint density at radius 1 is 1.60 bits per heavy atom. The van der Waals surface area contributed by atoms with Gasteiger partial charge in [0.2, 0.25) is 0 Å². The highest BCUT2D eigenvalue weighted by atomic mass is 16.4. The number of amidine groups is 1. The molecule has 0 spiro atoms. The molecule has 1 aromatic rings. The molecule has 0 bridgehead atoms. The van der Waals surface area contributed by atoms with Crippen LogP contribution < -0.4 is 11.1 Å². The Hall–Kier alpha value is -1.56. The molecule has 15 heavy (non-hydrogen) atoms. The maximum Gasteiger partial charge on any atom is 0.153 e. The molecule has 6 heteroatoms. The molecule has 0 aromatic carbocycles. The van der Waals surface area contributed by atoms with Gasteiger partial charge in [-0.25, -0.2) is 0 Å². The summed E-state index contributed by atoms with van der Waals surface area (Å²) in [7, 11) is 1.91. The van der Waals surface area contributed by atoms with Gasteiger partial charge in [-0.2, -0.15) is 5.10 Å². The second-order valence-electron chi connectivity index (χ2n) is 3.47. The van der Waals surface area contributed by atoms with Gasteiger partial charge >= 0.3 is 0 Å². The molecule has 0 aliphatic rings. The van der Waals surface area contributed by atoms with E-state index in [4.69, 9.17) is 10.9 Å². The number of aromatic nitrogens is 2. The lowest BCUT2D eigenvalue weighted by Gasteiger charge is -2.04. The van der Waals surface area contributed by atoms with E-state index < -0.39 is 0 Å². The third-order valence-electron chi connectivity index (χ3n) is 2.40. The van der Waals surface area contributed by atoms with Gasteiger partial charge in [0.05, 0.1) is 12.2 Å². The fourth-order valence-corrected chi connectivity index (χ4v) is 1.42. The first kappa shape index (κ1) is 11.5. The van der Waals surface area contributed by atoms with E-state index in [-0.39, 0.29) is 5.84 Å². The lowest BCUT2D eigenvalue weighted by atomic mass is 10.2.